The van der Waals surface area contributed by atoms with Crippen LogP contribution in [0.4, 0.5) is 11.5 Å². The normalized spacial score (nSPS) is 13.1. The van der Waals surface area contributed by atoms with E-state index >= 15 is 0 Å². The first-order valence-corrected chi connectivity index (χ1v) is 10.8. The van der Waals surface area contributed by atoms with Gasteiger partial charge in [0.2, 0.25) is 5.82 Å². The highest BCUT2D eigenvalue weighted by molar-refractivity contribution is 5.85. The summed E-state index contributed by atoms with van der Waals surface area (Å²) in [5.41, 5.74) is 4.00. The minimum Gasteiger partial charge on any atom is -0.434 e. The number of para-hydroxylation sites is 1. The first kappa shape index (κ1) is 19.9. The molecular weight excluding hydrogens is 434 g/mol. The van der Waals surface area contributed by atoms with Crippen molar-refractivity contribution in [2.45, 2.75) is 13.0 Å². The fraction of sp³-hybridized carbons (Fsp3) is 0.125. The fourth-order valence-electron chi connectivity index (χ4n) is 4.40. The molecule has 1 aliphatic rings. The van der Waals surface area contributed by atoms with Crippen LogP contribution in [0.2, 0.25) is 0 Å². The highest BCUT2D eigenvalue weighted by Crippen LogP contribution is 2.38. The smallest absolute Gasteiger partial charge is 0.373 e. The van der Waals surface area contributed by atoms with Crippen LogP contribution in [0.3, 0.4) is 0 Å². The predicted octanol–water partition coefficient (Wildman–Crippen LogP) is 4.41. The molecule has 0 saturated heterocycles. The van der Waals surface area contributed by atoms with Crippen molar-refractivity contribution in [3.05, 3.63) is 95.0 Å². The third-order valence-electron chi connectivity index (χ3n) is 5.99. The SMILES string of the molecule is O=[N+]([O-])c1c(Oc2ccc(-n3ccnc3)cc2)ncnc1N1CCc2c([nH]c3ccccc23)C1. The number of fused-ring (bicyclic) bond motifs is 3. The molecular formula is C24H19N7O3. The number of benzene rings is 2. The number of hydrogen-bond donors (Lipinski definition) is 1. The number of nitrogens with one attached hydrogen (secondary N) is 1. The van der Waals surface area contributed by atoms with Gasteiger partial charge in [0.15, 0.2) is 0 Å². The molecule has 2 aromatic carbocycles. The van der Waals surface area contributed by atoms with Crippen molar-refractivity contribution in [1.29, 1.82) is 0 Å². The van der Waals surface area contributed by atoms with Crippen LogP contribution in [0.5, 0.6) is 11.6 Å². The van der Waals surface area contributed by atoms with Crippen molar-refractivity contribution in [2.75, 3.05) is 11.4 Å². The molecule has 0 unspecified atom stereocenters. The molecule has 10 heteroatoms. The zero-order valence-electron chi connectivity index (χ0n) is 18.0. The molecule has 3 aromatic heterocycles. The molecule has 0 aliphatic carbocycles. The van der Waals surface area contributed by atoms with Gasteiger partial charge in [-0.15, -0.1) is 0 Å². The van der Waals surface area contributed by atoms with Gasteiger partial charge in [-0.1, -0.05) is 18.2 Å². The van der Waals surface area contributed by atoms with E-state index in [-0.39, 0.29) is 17.4 Å². The Labute approximate surface area is 193 Å². The zero-order valence-corrected chi connectivity index (χ0v) is 18.0. The Kier molecular flexibility index (Phi) is 4.69. The molecule has 10 nitrogen and oxygen atoms in total. The van der Waals surface area contributed by atoms with Crippen LogP contribution >= 0.6 is 0 Å². The summed E-state index contributed by atoms with van der Waals surface area (Å²) in [5, 5.41) is 13.3. The molecule has 0 fully saturated rings. The van der Waals surface area contributed by atoms with Crippen LogP contribution in [0.15, 0.2) is 73.6 Å². The highest BCUT2D eigenvalue weighted by atomic mass is 16.6. The standard InChI is InChI=1S/C24H19N7O3/c32-31(33)22-23(29-11-9-19-18-3-1-2-4-20(18)28-21(19)13-29)26-14-27-24(22)34-17-7-5-16(6-8-17)30-12-10-25-15-30/h1-8,10,12,14-15,28H,9,11,13H2. The van der Waals surface area contributed by atoms with Crippen molar-refractivity contribution in [3.63, 3.8) is 0 Å². The summed E-state index contributed by atoms with van der Waals surface area (Å²) >= 11 is 0. The van der Waals surface area contributed by atoms with E-state index in [0.717, 1.165) is 23.3 Å². The zero-order chi connectivity index (χ0) is 23.1. The van der Waals surface area contributed by atoms with Gasteiger partial charge >= 0.3 is 11.6 Å². The van der Waals surface area contributed by atoms with Crippen molar-refractivity contribution in [1.82, 2.24) is 24.5 Å². The number of rotatable bonds is 5. The molecule has 1 aliphatic heterocycles. The summed E-state index contributed by atoms with van der Waals surface area (Å²) < 4.78 is 7.69. The molecule has 1 N–H and O–H groups in total. The Morgan fingerprint density at radius 2 is 1.94 bits per heavy atom. The maximum absolute atomic E-state index is 12.1. The molecule has 0 atom stereocenters. The molecule has 34 heavy (non-hydrogen) atoms. The molecule has 4 heterocycles. The first-order chi connectivity index (χ1) is 16.7. The van der Waals surface area contributed by atoms with Gasteiger partial charge in [0.05, 0.1) is 17.8 Å². The Balaban J connectivity index is 1.31. The van der Waals surface area contributed by atoms with E-state index < -0.39 is 4.92 Å². The Morgan fingerprint density at radius 1 is 1.09 bits per heavy atom. The van der Waals surface area contributed by atoms with Gasteiger partial charge in [0.1, 0.15) is 12.1 Å². The van der Waals surface area contributed by atoms with Crippen LogP contribution in [-0.4, -0.2) is 36.0 Å². The van der Waals surface area contributed by atoms with Crippen molar-refractivity contribution in [3.8, 4) is 17.3 Å². The third kappa shape index (κ3) is 3.41. The van der Waals surface area contributed by atoms with E-state index in [9.17, 15) is 10.1 Å². The van der Waals surface area contributed by atoms with Crippen LogP contribution in [0, 0.1) is 10.1 Å². The van der Waals surface area contributed by atoms with E-state index in [4.69, 9.17) is 4.74 Å². The topological polar surface area (TPSA) is 115 Å². The molecule has 0 amide bonds. The largest absolute Gasteiger partial charge is 0.434 e. The number of hydrogen-bond acceptors (Lipinski definition) is 7. The number of imidazole rings is 1. The molecule has 0 saturated carbocycles. The second kappa shape index (κ2) is 8.00. The van der Waals surface area contributed by atoms with Gasteiger partial charge in [-0.05, 0) is 42.3 Å². The van der Waals surface area contributed by atoms with Crippen molar-refractivity contribution >= 4 is 22.4 Å². The van der Waals surface area contributed by atoms with Crippen molar-refractivity contribution in [2.24, 2.45) is 0 Å². The van der Waals surface area contributed by atoms with E-state index in [1.165, 1.54) is 17.3 Å². The second-order valence-electron chi connectivity index (χ2n) is 7.97. The molecule has 5 aromatic rings. The molecule has 0 spiro atoms. The van der Waals surface area contributed by atoms with Crippen molar-refractivity contribution < 1.29 is 9.66 Å². The maximum atomic E-state index is 12.1. The Morgan fingerprint density at radius 3 is 2.74 bits per heavy atom. The Hall–Kier alpha value is -4.73. The summed E-state index contributed by atoms with van der Waals surface area (Å²) in [7, 11) is 0. The van der Waals surface area contributed by atoms with Crippen LogP contribution in [-0.2, 0) is 13.0 Å². The lowest BCUT2D eigenvalue weighted by molar-refractivity contribution is -0.385. The highest BCUT2D eigenvalue weighted by Gasteiger charge is 2.31. The number of nitro groups is 1. The van der Waals surface area contributed by atoms with Gasteiger partial charge in [-0.3, -0.25) is 10.1 Å². The number of H-pyrrole nitrogens is 1. The van der Waals surface area contributed by atoms with Crippen LogP contribution < -0.4 is 9.64 Å². The van der Waals surface area contributed by atoms with E-state index in [1.807, 2.05) is 46.0 Å². The lowest BCUT2D eigenvalue weighted by Crippen LogP contribution is -2.31. The quantitative estimate of drug-likeness (QED) is 0.310. The summed E-state index contributed by atoms with van der Waals surface area (Å²) in [6.07, 6.45) is 7.27. The average Bonchev–Trinajstić information content (AvgIpc) is 3.52. The van der Waals surface area contributed by atoms with Gasteiger partial charge in [-0.2, -0.15) is 4.98 Å². The minimum absolute atomic E-state index is 0.0900. The molecule has 168 valence electrons. The first-order valence-electron chi connectivity index (χ1n) is 10.8. The van der Waals surface area contributed by atoms with Gasteiger partial charge < -0.3 is 19.2 Å². The van der Waals surface area contributed by atoms with Crippen LogP contribution in [0.25, 0.3) is 16.6 Å². The summed E-state index contributed by atoms with van der Waals surface area (Å²) in [5.74, 6) is 0.593. The number of aromatic nitrogens is 5. The fourth-order valence-corrected chi connectivity index (χ4v) is 4.40. The molecule has 0 radical (unpaired) electrons. The predicted molar refractivity (Wildman–Crippen MR) is 125 cm³/mol. The maximum Gasteiger partial charge on any atom is 0.373 e. The second-order valence-corrected chi connectivity index (χ2v) is 7.97. The van der Waals surface area contributed by atoms with Gasteiger partial charge in [-0.25, -0.2) is 9.97 Å². The lowest BCUT2D eigenvalue weighted by atomic mass is 10.0. The van der Waals surface area contributed by atoms with E-state index in [1.54, 1.807) is 24.7 Å². The van der Waals surface area contributed by atoms with Crippen LogP contribution in [0.1, 0.15) is 11.3 Å². The minimum atomic E-state index is -0.481. The number of ether oxygens (including phenoxy) is 1. The number of anilines is 1. The lowest BCUT2D eigenvalue weighted by Gasteiger charge is -2.27. The third-order valence-corrected chi connectivity index (χ3v) is 5.99. The van der Waals surface area contributed by atoms with E-state index in [0.29, 0.717) is 18.8 Å². The monoisotopic (exact) mass is 453 g/mol. The average molecular weight is 453 g/mol. The van der Waals surface area contributed by atoms with E-state index in [2.05, 4.69) is 26.0 Å². The van der Waals surface area contributed by atoms with Gasteiger partial charge in [0, 0.05) is 41.2 Å². The van der Waals surface area contributed by atoms with Gasteiger partial charge in [0.25, 0.3) is 0 Å². The summed E-state index contributed by atoms with van der Waals surface area (Å²) in [6, 6.07) is 15.3. The Bertz CT molecular complexity index is 1490. The molecule has 0 bridgehead atoms. The number of aromatic amines is 1. The number of nitrogens with zero attached hydrogens (tertiary/aromatic N) is 6. The summed E-state index contributed by atoms with van der Waals surface area (Å²) in [4.78, 5) is 29.3. The summed E-state index contributed by atoms with van der Waals surface area (Å²) in [6.45, 7) is 1.09. The molecule has 6 rings (SSSR count).